The summed E-state index contributed by atoms with van der Waals surface area (Å²) >= 11 is 6.05. The van der Waals surface area contributed by atoms with Crippen molar-refractivity contribution in [3.63, 3.8) is 0 Å². The third kappa shape index (κ3) is 3.84. The van der Waals surface area contributed by atoms with Gasteiger partial charge in [0.2, 0.25) is 0 Å². The summed E-state index contributed by atoms with van der Waals surface area (Å²) in [5.74, 6) is -0.0646. The number of amides is 1. The number of nitrogens with zero attached hydrogens (tertiary/aromatic N) is 1. The first-order chi connectivity index (χ1) is 11.6. The largest absolute Gasteiger partial charge is 0.304 e. The van der Waals surface area contributed by atoms with Crippen LogP contribution < -0.4 is 4.90 Å². The van der Waals surface area contributed by atoms with E-state index < -0.39 is 0 Å². The molecule has 120 valence electrons. The van der Waals surface area contributed by atoms with Crippen LogP contribution in [0, 0.1) is 6.92 Å². The fraction of sp³-hybridized carbons (Fsp3) is 0.0952. The number of anilines is 1. The van der Waals surface area contributed by atoms with Crippen molar-refractivity contribution < 1.29 is 4.79 Å². The molecule has 24 heavy (non-hydrogen) atoms. The van der Waals surface area contributed by atoms with E-state index in [4.69, 9.17) is 11.6 Å². The Morgan fingerprint density at radius 3 is 2.29 bits per heavy atom. The lowest BCUT2D eigenvalue weighted by Gasteiger charge is -2.23. The van der Waals surface area contributed by atoms with Crippen LogP contribution in [0.25, 0.3) is 0 Å². The van der Waals surface area contributed by atoms with Crippen molar-refractivity contribution in [2.75, 3.05) is 4.90 Å². The molecule has 0 bridgehead atoms. The molecule has 3 heteroatoms. The van der Waals surface area contributed by atoms with Gasteiger partial charge in [-0.1, -0.05) is 65.7 Å². The Hall–Kier alpha value is -2.58. The van der Waals surface area contributed by atoms with Gasteiger partial charge in [-0.25, -0.2) is 0 Å². The molecule has 2 nitrogen and oxygen atoms in total. The topological polar surface area (TPSA) is 20.3 Å². The van der Waals surface area contributed by atoms with Gasteiger partial charge in [0.1, 0.15) is 0 Å². The number of carbonyl (C=O) groups excluding carboxylic acids is 1. The van der Waals surface area contributed by atoms with E-state index in [0.29, 0.717) is 17.1 Å². The van der Waals surface area contributed by atoms with Crippen LogP contribution in [0.2, 0.25) is 5.02 Å². The van der Waals surface area contributed by atoms with Crippen LogP contribution in [-0.4, -0.2) is 5.91 Å². The van der Waals surface area contributed by atoms with Gasteiger partial charge in [-0.3, -0.25) is 4.79 Å². The Balaban J connectivity index is 1.97. The van der Waals surface area contributed by atoms with Gasteiger partial charge in [0.05, 0.1) is 6.54 Å². The third-order valence-corrected chi connectivity index (χ3v) is 4.08. The standard InChI is InChI=1S/C21H18ClNO/c1-16-10-12-20(13-11-16)23(15-17-6-3-2-4-7-17)21(24)18-8-5-9-19(22)14-18/h2-14H,15H2,1H3. The Labute approximate surface area is 147 Å². The van der Waals surface area contributed by atoms with Gasteiger partial charge in [-0.2, -0.15) is 0 Å². The molecule has 0 N–H and O–H groups in total. The zero-order valence-corrected chi connectivity index (χ0v) is 14.2. The van der Waals surface area contributed by atoms with Crippen LogP contribution in [0.3, 0.4) is 0 Å². The highest BCUT2D eigenvalue weighted by molar-refractivity contribution is 6.31. The molecule has 0 aliphatic carbocycles. The van der Waals surface area contributed by atoms with E-state index in [1.807, 2.05) is 61.5 Å². The Morgan fingerprint density at radius 2 is 1.62 bits per heavy atom. The molecule has 0 atom stereocenters. The molecular formula is C21H18ClNO. The smallest absolute Gasteiger partial charge is 0.258 e. The Morgan fingerprint density at radius 1 is 0.917 bits per heavy atom. The molecule has 0 heterocycles. The maximum atomic E-state index is 13.1. The fourth-order valence-electron chi connectivity index (χ4n) is 2.55. The molecule has 1 amide bonds. The Kier molecular flexibility index (Phi) is 4.97. The van der Waals surface area contributed by atoms with Crippen molar-refractivity contribution in [1.29, 1.82) is 0 Å². The van der Waals surface area contributed by atoms with Gasteiger partial charge in [0, 0.05) is 16.3 Å². The zero-order chi connectivity index (χ0) is 16.9. The number of rotatable bonds is 4. The maximum Gasteiger partial charge on any atom is 0.258 e. The first kappa shape index (κ1) is 16.3. The van der Waals surface area contributed by atoms with E-state index in [1.54, 1.807) is 29.2 Å². The summed E-state index contributed by atoms with van der Waals surface area (Å²) in [5.41, 5.74) is 3.69. The van der Waals surface area contributed by atoms with Crippen molar-refractivity contribution in [2.24, 2.45) is 0 Å². The van der Waals surface area contributed by atoms with E-state index >= 15 is 0 Å². The van der Waals surface area contributed by atoms with E-state index in [9.17, 15) is 4.79 Å². The second kappa shape index (κ2) is 7.33. The second-order valence-corrected chi connectivity index (χ2v) is 6.16. The van der Waals surface area contributed by atoms with Crippen LogP contribution in [0.5, 0.6) is 0 Å². The zero-order valence-electron chi connectivity index (χ0n) is 13.4. The molecule has 0 aliphatic rings. The summed E-state index contributed by atoms with van der Waals surface area (Å²) in [6, 6.07) is 25.0. The van der Waals surface area contributed by atoms with Gasteiger partial charge >= 0.3 is 0 Å². The number of halogens is 1. The SMILES string of the molecule is Cc1ccc(N(Cc2ccccc2)C(=O)c2cccc(Cl)c2)cc1. The van der Waals surface area contributed by atoms with Crippen LogP contribution in [0.1, 0.15) is 21.5 Å². The van der Waals surface area contributed by atoms with E-state index in [0.717, 1.165) is 16.8 Å². The van der Waals surface area contributed by atoms with Gasteiger partial charge in [-0.15, -0.1) is 0 Å². The van der Waals surface area contributed by atoms with E-state index in [2.05, 4.69) is 0 Å². The average Bonchev–Trinajstić information content (AvgIpc) is 2.61. The molecule has 0 spiro atoms. The highest BCUT2D eigenvalue weighted by atomic mass is 35.5. The molecule has 3 aromatic rings. The predicted octanol–water partition coefficient (Wildman–Crippen LogP) is 5.50. The Bertz CT molecular complexity index is 828. The summed E-state index contributed by atoms with van der Waals surface area (Å²) in [5, 5.41) is 0.560. The van der Waals surface area contributed by atoms with Crippen molar-refractivity contribution >= 4 is 23.2 Å². The lowest BCUT2D eigenvalue weighted by atomic mass is 10.1. The van der Waals surface area contributed by atoms with Crippen molar-refractivity contribution in [3.05, 3.63) is 101 Å². The summed E-state index contributed by atoms with van der Waals surface area (Å²) in [4.78, 5) is 14.8. The van der Waals surface area contributed by atoms with E-state index in [1.165, 1.54) is 0 Å². The molecule has 0 radical (unpaired) electrons. The highest BCUT2D eigenvalue weighted by Crippen LogP contribution is 2.22. The minimum atomic E-state index is -0.0646. The molecule has 0 fully saturated rings. The molecule has 0 saturated carbocycles. The number of benzene rings is 3. The monoisotopic (exact) mass is 335 g/mol. The maximum absolute atomic E-state index is 13.1. The average molecular weight is 336 g/mol. The van der Waals surface area contributed by atoms with Crippen LogP contribution in [0.4, 0.5) is 5.69 Å². The molecule has 0 unspecified atom stereocenters. The van der Waals surface area contributed by atoms with Gasteiger partial charge in [0.25, 0.3) is 5.91 Å². The predicted molar refractivity (Wildman–Crippen MR) is 99.6 cm³/mol. The minimum Gasteiger partial charge on any atom is -0.304 e. The quantitative estimate of drug-likeness (QED) is 0.617. The molecule has 0 aromatic heterocycles. The normalized spacial score (nSPS) is 10.4. The van der Waals surface area contributed by atoms with Gasteiger partial charge in [0.15, 0.2) is 0 Å². The van der Waals surface area contributed by atoms with Crippen LogP contribution in [0.15, 0.2) is 78.9 Å². The summed E-state index contributed by atoms with van der Waals surface area (Å²) < 4.78 is 0. The lowest BCUT2D eigenvalue weighted by Crippen LogP contribution is -2.30. The number of hydrogen-bond acceptors (Lipinski definition) is 1. The second-order valence-electron chi connectivity index (χ2n) is 5.72. The first-order valence-electron chi connectivity index (χ1n) is 7.81. The molecule has 3 rings (SSSR count). The minimum absolute atomic E-state index is 0.0646. The summed E-state index contributed by atoms with van der Waals surface area (Å²) in [6.45, 7) is 2.54. The van der Waals surface area contributed by atoms with Gasteiger partial charge < -0.3 is 4.90 Å². The van der Waals surface area contributed by atoms with Crippen LogP contribution >= 0.6 is 11.6 Å². The highest BCUT2D eigenvalue weighted by Gasteiger charge is 2.18. The van der Waals surface area contributed by atoms with Crippen LogP contribution in [-0.2, 0) is 6.54 Å². The summed E-state index contributed by atoms with van der Waals surface area (Å²) in [7, 11) is 0. The number of carbonyl (C=O) groups is 1. The lowest BCUT2D eigenvalue weighted by molar-refractivity contribution is 0.0985. The fourth-order valence-corrected chi connectivity index (χ4v) is 2.74. The first-order valence-corrected chi connectivity index (χ1v) is 8.19. The van der Waals surface area contributed by atoms with Crippen molar-refractivity contribution in [2.45, 2.75) is 13.5 Å². The molecule has 0 aliphatic heterocycles. The molecule has 3 aromatic carbocycles. The number of aryl methyl sites for hydroxylation is 1. The van der Waals surface area contributed by atoms with Gasteiger partial charge in [-0.05, 0) is 42.8 Å². The molecule has 0 saturated heterocycles. The van der Waals surface area contributed by atoms with E-state index in [-0.39, 0.29) is 5.91 Å². The third-order valence-electron chi connectivity index (χ3n) is 3.85. The number of hydrogen-bond donors (Lipinski definition) is 0. The molecular weight excluding hydrogens is 318 g/mol. The van der Waals surface area contributed by atoms with Crippen molar-refractivity contribution in [3.8, 4) is 0 Å². The summed E-state index contributed by atoms with van der Waals surface area (Å²) in [6.07, 6.45) is 0. The van der Waals surface area contributed by atoms with Crippen molar-refractivity contribution in [1.82, 2.24) is 0 Å².